The van der Waals surface area contributed by atoms with Gasteiger partial charge < -0.3 is 14.9 Å². The van der Waals surface area contributed by atoms with Crippen LogP contribution in [0.1, 0.15) is 91.8 Å². The number of Topliss-reactive ketones (excluding diaryl/α,β-unsaturated/α-hetero) is 1. The van der Waals surface area contributed by atoms with E-state index >= 15 is 0 Å². The average Bonchev–Trinajstić information content (AvgIpc) is 3.48. The summed E-state index contributed by atoms with van der Waals surface area (Å²) in [4.78, 5) is 31.0. The number of esters is 1. The Labute approximate surface area is 232 Å². The van der Waals surface area contributed by atoms with Crippen LogP contribution >= 0.6 is 11.3 Å². The SMILES string of the molecule is CC(=Cc1csc(C)n1)[C@H]1C/C=C(/C(C)(C)C)C[C@@H]2C[C@@H]2[C@@H](C)[C@H](O)[C@@H](C)C(=O)C(C)(C)[C@@H](O)CC(=O)O1. The summed E-state index contributed by atoms with van der Waals surface area (Å²) < 4.78 is 5.96. The number of aliphatic hydroxyl groups excluding tert-OH is 2. The summed E-state index contributed by atoms with van der Waals surface area (Å²) >= 11 is 1.57. The number of aromatic nitrogens is 1. The summed E-state index contributed by atoms with van der Waals surface area (Å²) in [5, 5.41) is 25.1. The molecule has 1 aliphatic carbocycles. The molecule has 0 unspecified atom stereocenters. The minimum Gasteiger partial charge on any atom is -0.457 e. The number of cyclic esters (lactones) is 1. The van der Waals surface area contributed by atoms with Crippen LogP contribution in [-0.4, -0.2) is 45.3 Å². The Bertz CT molecular complexity index is 1080. The first-order valence-electron chi connectivity index (χ1n) is 13.9. The van der Waals surface area contributed by atoms with E-state index in [1.165, 1.54) is 5.57 Å². The van der Waals surface area contributed by atoms with E-state index in [0.29, 0.717) is 18.3 Å². The monoisotopic (exact) mass is 545 g/mol. The second-order valence-corrected chi connectivity index (χ2v) is 14.2. The molecule has 1 aliphatic heterocycles. The molecule has 0 saturated heterocycles. The predicted octanol–water partition coefficient (Wildman–Crippen LogP) is 6.15. The van der Waals surface area contributed by atoms with E-state index in [0.717, 1.165) is 29.1 Å². The lowest BCUT2D eigenvalue weighted by Crippen LogP contribution is -2.46. The van der Waals surface area contributed by atoms with Crippen molar-refractivity contribution < 1.29 is 24.5 Å². The van der Waals surface area contributed by atoms with E-state index in [2.05, 4.69) is 31.8 Å². The molecule has 2 N–H and O–H groups in total. The second kappa shape index (κ2) is 11.7. The molecule has 0 aromatic carbocycles. The van der Waals surface area contributed by atoms with E-state index in [4.69, 9.17) is 4.74 Å². The zero-order chi connectivity index (χ0) is 28.6. The Morgan fingerprint density at radius 3 is 2.42 bits per heavy atom. The van der Waals surface area contributed by atoms with Crippen molar-refractivity contribution in [1.82, 2.24) is 4.98 Å². The number of carbonyl (C=O) groups is 2. The molecule has 6 nitrogen and oxygen atoms in total. The van der Waals surface area contributed by atoms with Gasteiger partial charge >= 0.3 is 5.97 Å². The van der Waals surface area contributed by atoms with Crippen LogP contribution in [0.25, 0.3) is 6.08 Å². The summed E-state index contributed by atoms with van der Waals surface area (Å²) in [6.07, 6.45) is 3.83. The van der Waals surface area contributed by atoms with Gasteiger partial charge in [0, 0.05) is 17.7 Å². The van der Waals surface area contributed by atoms with Crippen molar-refractivity contribution in [2.24, 2.45) is 34.5 Å². The van der Waals surface area contributed by atoms with Gasteiger partial charge in [-0.1, -0.05) is 60.1 Å². The normalized spacial score (nSPS) is 35.2. The summed E-state index contributed by atoms with van der Waals surface area (Å²) in [5.74, 6) is -0.637. The van der Waals surface area contributed by atoms with E-state index in [1.54, 1.807) is 32.1 Å². The second-order valence-electron chi connectivity index (χ2n) is 13.2. The maximum absolute atomic E-state index is 13.4. The van der Waals surface area contributed by atoms with Crippen LogP contribution < -0.4 is 0 Å². The van der Waals surface area contributed by atoms with Gasteiger partial charge in [0.2, 0.25) is 0 Å². The minimum absolute atomic E-state index is 0.0227. The van der Waals surface area contributed by atoms with Gasteiger partial charge in [0.05, 0.1) is 34.7 Å². The Hall–Kier alpha value is -1.83. The van der Waals surface area contributed by atoms with Crippen molar-refractivity contribution in [2.75, 3.05) is 0 Å². The van der Waals surface area contributed by atoms with Crippen molar-refractivity contribution in [3.63, 3.8) is 0 Å². The van der Waals surface area contributed by atoms with Crippen LogP contribution in [0.5, 0.6) is 0 Å². The number of aliphatic hydroxyl groups is 2. The van der Waals surface area contributed by atoms with Gasteiger partial charge in [-0.2, -0.15) is 0 Å². The summed E-state index contributed by atoms with van der Waals surface area (Å²) in [6, 6.07) is 0. The standard InChI is InChI=1S/C31H47NO5S/c1-17(12-23-16-38-20(4)32-23)25-11-10-22(30(5,6)7)13-21-14-24(21)18(2)28(35)19(3)29(36)31(8,9)26(33)15-27(34)37-25/h10,12,16,18-19,21,24-26,28,33,35H,11,13-15H2,1-9H3/b17-12?,22-10+/t18-,19-,21-,24-,25-,26+,28+/m1/s1. The maximum atomic E-state index is 13.4. The first-order valence-corrected chi connectivity index (χ1v) is 14.8. The van der Waals surface area contributed by atoms with E-state index in [1.807, 2.05) is 32.2 Å². The number of nitrogens with zero attached hydrogens (tertiary/aromatic N) is 1. The highest BCUT2D eigenvalue weighted by atomic mass is 32.1. The lowest BCUT2D eigenvalue weighted by Gasteiger charge is -2.34. The smallest absolute Gasteiger partial charge is 0.309 e. The number of rotatable bonds is 2. The fourth-order valence-electron chi connectivity index (χ4n) is 5.71. The van der Waals surface area contributed by atoms with Gasteiger partial charge in [-0.3, -0.25) is 9.59 Å². The van der Waals surface area contributed by atoms with Gasteiger partial charge in [-0.15, -0.1) is 11.3 Å². The largest absolute Gasteiger partial charge is 0.457 e. The Kier molecular flexibility index (Phi) is 9.48. The fourth-order valence-corrected chi connectivity index (χ4v) is 6.28. The Balaban J connectivity index is 1.98. The molecule has 1 fully saturated rings. The van der Waals surface area contributed by atoms with Gasteiger partial charge in [0.15, 0.2) is 0 Å². The number of hydrogen-bond acceptors (Lipinski definition) is 7. The third kappa shape index (κ3) is 7.22. The van der Waals surface area contributed by atoms with Crippen LogP contribution in [0.4, 0.5) is 0 Å². The molecule has 1 aromatic rings. The van der Waals surface area contributed by atoms with Crippen LogP contribution in [-0.2, 0) is 14.3 Å². The number of ether oxygens (including phenoxy) is 1. The number of carbonyl (C=O) groups excluding carboxylic acids is 2. The van der Waals surface area contributed by atoms with Crippen LogP contribution in [0.2, 0.25) is 0 Å². The van der Waals surface area contributed by atoms with Crippen LogP contribution in [0.15, 0.2) is 22.6 Å². The lowest BCUT2D eigenvalue weighted by atomic mass is 9.72. The number of ketones is 1. The van der Waals surface area contributed by atoms with E-state index in [9.17, 15) is 19.8 Å². The van der Waals surface area contributed by atoms with Crippen molar-refractivity contribution >= 4 is 29.2 Å². The molecule has 0 bridgehead atoms. The molecule has 0 spiro atoms. The highest BCUT2D eigenvalue weighted by Crippen LogP contribution is 2.52. The topological polar surface area (TPSA) is 96.7 Å². The Morgan fingerprint density at radius 2 is 1.84 bits per heavy atom. The van der Waals surface area contributed by atoms with Gasteiger partial charge in [0.25, 0.3) is 0 Å². The minimum atomic E-state index is -1.22. The van der Waals surface area contributed by atoms with Crippen molar-refractivity contribution in [3.8, 4) is 0 Å². The number of aryl methyl sites for hydroxylation is 1. The molecule has 38 heavy (non-hydrogen) atoms. The number of thiazole rings is 1. The fraction of sp³-hybridized carbons (Fsp3) is 0.710. The molecule has 1 aromatic heterocycles. The quantitative estimate of drug-likeness (QED) is 0.342. The molecule has 2 aliphatic rings. The van der Waals surface area contributed by atoms with E-state index < -0.39 is 35.6 Å². The molecule has 7 heteroatoms. The summed E-state index contributed by atoms with van der Waals surface area (Å²) in [7, 11) is 0. The average molecular weight is 546 g/mol. The molecular weight excluding hydrogens is 498 g/mol. The highest BCUT2D eigenvalue weighted by molar-refractivity contribution is 7.09. The van der Waals surface area contributed by atoms with Gasteiger partial charge in [-0.25, -0.2) is 4.98 Å². The number of allylic oxidation sites excluding steroid dienone is 1. The van der Waals surface area contributed by atoms with Crippen LogP contribution in [0, 0.1) is 41.4 Å². The Morgan fingerprint density at radius 1 is 1.18 bits per heavy atom. The van der Waals surface area contributed by atoms with Crippen molar-refractivity contribution in [2.45, 2.75) is 106 Å². The molecule has 212 valence electrons. The highest BCUT2D eigenvalue weighted by Gasteiger charge is 2.48. The number of fused-ring (bicyclic) bond motifs is 1. The molecular formula is C31H47NO5S. The first kappa shape index (κ1) is 30.7. The first-order chi connectivity index (χ1) is 17.5. The number of hydrogen-bond donors (Lipinski definition) is 2. The molecule has 7 atom stereocenters. The zero-order valence-electron chi connectivity index (χ0n) is 24.6. The van der Waals surface area contributed by atoms with Crippen molar-refractivity contribution in [1.29, 1.82) is 0 Å². The van der Waals surface area contributed by atoms with Crippen molar-refractivity contribution in [3.05, 3.63) is 33.3 Å². The molecule has 2 heterocycles. The molecule has 0 amide bonds. The van der Waals surface area contributed by atoms with Gasteiger partial charge in [0.1, 0.15) is 11.9 Å². The molecule has 1 saturated carbocycles. The summed E-state index contributed by atoms with van der Waals surface area (Å²) in [5.41, 5.74) is 1.78. The van der Waals surface area contributed by atoms with Crippen LogP contribution in [0.3, 0.4) is 0 Å². The van der Waals surface area contributed by atoms with Gasteiger partial charge in [-0.05, 0) is 61.5 Å². The molecule has 3 rings (SSSR count). The molecule has 0 radical (unpaired) electrons. The third-order valence-corrected chi connectivity index (χ3v) is 9.55. The zero-order valence-corrected chi connectivity index (χ0v) is 25.4. The third-order valence-electron chi connectivity index (χ3n) is 8.76. The lowest BCUT2D eigenvalue weighted by molar-refractivity contribution is -0.154. The predicted molar refractivity (Wildman–Crippen MR) is 152 cm³/mol. The van der Waals surface area contributed by atoms with E-state index in [-0.39, 0.29) is 23.5 Å². The summed E-state index contributed by atoms with van der Waals surface area (Å²) in [6.45, 7) is 17.6. The maximum Gasteiger partial charge on any atom is 0.309 e.